The molecule has 3 N–H and O–H groups in total. The van der Waals surface area contributed by atoms with Gasteiger partial charge < -0.3 is 15.5 Å². The number of rotatable bonds is 5. The summed E-state index contributed by atoms with van der Waals surface area (Å²) < 4.78 is 0. The van der Waals surface area contributed by atoms with Crippen LogP contribution in [0.1, 0.15) is 23.7 Å². The van der Waals surface area contributed by atoms with Crippen molar-refractivity contribution in [2.24, 2.45) is 5.92 Å². The van der Waals surface area contributed by atoms with Crippen LogP contribution in [-0.2, 0) is 0 Å². The number of aromatic hydroxyl groups is 1. The first-order valence-electron chi connectivity index (χ1n) is 5.64. The highest BCUT2D eigenvalue weighted by atomic mass is 35.5. The molecule has 0 aliphatic rings. The Balaban J connectivity index is 2.88. The minimum atomic E-state index is -0.559. The molecule has 0 aliphatic carbocycles. The second-order valence-electron chi connectivity index (χ2n) is 4.21. The van der Waals surface area contributed by atoms with Crippen LogP contribution in [-0.4, -0.2) is 29.3 Å². The maximum absolute atomic E-state index is 12.0. The largest absolute Gasteiger partial charge is 0.505 e. The van der Waals surface area contributed by atoms with Gasteiger partial charge in [0.05, 0.1) is 15.1 Å². The molecule has 0 aromatic heterocycles. The van der Waals surface area contributed by atoms with Crippen LogP contribution < -0.4 is 5.32 Å². The van der Waals surface area contributed by atoms with Gasteiger partial charge in [0.15, 0.2) is 0 Å². The summed E-state index contributed by atoms with van der Waals surface area (Å²) in [6.07, 6.45) is 0.566. The van der Waals surface area contributed by atoms with Gasteiger partial charge in [-0.15, -0.1) is 0 Å². The van der Waals surface area contributed by atoms with Crippen molar-refractivity contribution in [2.75, 3.05) is 13.2 Å². The van der Waals surface area contributed by atoms with Gasteiger partial charge in [0.1, 0.15) is 11.3 Å². The highest BCUT2D eigenvalue weighted by Crippen LogP contribution is 2.38. The minimum absolute atomic E-state index is 0.0389. The zero-order valence-corrected chi connectivity index (χ0v) is 12.5. The van der Waals surface area contributed by atoms with Crippen molar-refractivity contribution >= 4 is 40.7 Å². The fourth-order valence-corrected chi connectivity index (χ4v) is 2.16. The zero-order chi connectivity index (χ0) is 14.6. The minimum Gasteiger partial charge on any atom is -0.505 e. The molecule has 0 saturated heterocycles. The van der Waals surface area contributed by atoms with Crippen molar-refractivity contribution in [3.05, 3.63) is 26.7 Å². The van der Waals surface area contributed by atoms with Gasteiger partial charge in [-0.05, 0) is 18.4 Å². The molecular formula is C12H14Cl3NO3. The van der Waals surface area contributed by atoms with E-state index < -0.39 is 11.7 Å². The summed E-state index contributed by atoms with van der Waals surface area (Å²) in [5.41, 5.74) is -0.143. The number of amides is 1. The molecule has 1 rings (SSSR count). The quantitative estimate of drug-likeness (QED) is 0.728. The number of hydrogen-bond acceptors (Lipinski definition) is 3. The lowest BCUT2D eigenvalue weighted by Crippen LogP contribution is -2.29. The Morgan fingerprint density at radius 3 is 2.58 bits per heavy atom. The van der Waals surface area contributed by atoms with E-state index in [-0.39, 0.29) is 33.2 Å². The van der Waals surface area contributed by atoms with Crippen LogP contribution in [0.4, 0.5) is 0 Å². The van der Waals surface area contributed by atoms with Crippen LogP contribution >= 0.6 is 34.8 Å². The van der Waals surface area contributed by atoms with Crippen LogP contribution in [0.5, 0.6) is 5.75 Å². The second-order valence-corrected chi connectivity index (χ2v) is 5.40. The number of hydrogen-bond donors (Lipinski definition) is 3. The monoisotopic (exact) mass is 325 g/mol. The van der Waals surface area contributed by atoms with E-state index in [4.69, 9.17) is 39.9 Å². The first-order chi connectivity index (χ1) is 8.88. The summed E-state index contributed by atoms with van der Waals surface area (Å²) in [5, 5.41) is 21.2. The molecule has 1 amide bonds. The highest BCUT2D eigenvalue weighted by molar-refractivity contribution is 6.45. The number of carbonyl (C=O) groups is 1. The fourth-order valence-electron chi connectivity index (χ4n) is 1.47. The van der Waals surface area contributed by atoms with Crippen molar-refractivity contribution in [3.8, 4) is 5.75 Å². The number of carbonyl (C=O) groups excluding carboxylic acids is 1. The predicted molar refractivity (Wildman–Crippen MR) is 76.3 cm³/mol. The molecule has 0 spiro atoms. The lowest BCUT2D eigenvalue weighted by Gasteiger charge is -2.13. The van der Waals surface area contributed by atoms with Crippen LogP contribution in [0.15, 0.2) is 6.07 Å². The van der Waals surface area contributed by atoms with Crippen molar-refractivity contribution in [2.45, 2.75) is 13.3 Å². The molecule has 0 saturated carbocycles. The van der Waals surface area contributed by atoms with E-state index >= 15 is 0 Å². The van der Waals surface area contributed by atoms with Crippen LogP contribution in [0, 0.1) is 5.92 Å². The van der Waals surface area contributed by atoms with E-state index in [1.807, 2.05) is 6.92 Å². The lowest BCUT2D eigenvalue weighted by atomic mass is 10.1. The Morgan fingerprint density at radius 1 is 1.37 bits per heavy atom. The fraction of sp³-hybridized carbons (Fsp3) is 0.417. The molecule has 1 aromatic rings. The number of nitrogens with one attached hydrogen (secondary N) is 1. The van der Waals surface area contributed by atoms with Crippen LogP contribution in [0.3, 0.4) is 0 Å². The first-order valence-corrected chi connectivity index (χ1v) is 6.77. The number of halogens is 3. The van der Waals surface area contributed by atoms with Gasteiger partial charge in [0, 0.05) is 13.2 Å². The van der Waals surface area contributed by atoms with E-state index in [0.29, 0.717) is 13.0 Å². The first kappa shape index (κ1) is 16.4. The summed E-state index contributed by atoms with van der Waals surface area (Å²) in [6.45, 7) is 2.27. The summed E-state index contributed by atoms with van der Waals surface area (Å²) in [7, 11) is 0. The number of phenolic OH excluding ortho intramolecular Hbond substituents is 1. The Bertz CT molecular complexity index is 454. The predicted octanol–water partition coefficient (Wildman–Crippen LogP) is 3.10. The third kappa shape index (κ3) is 4.14. The molecule has 0 heterocycles. The Labute approximate surface area is 126 Å². The Hall–Kier alpha value is -0.680. The van der Waals surface area contributed by atoms with E-state index in [1.54, 1.807) is 0 Å². The molecule has 4 nitrogen and oxygen atoms in total. The third-order valence-corrected chi connectivity index (χ3v) is 3.68. The van der Waals surface area contributed by atoms with Gasteiger partial charge in [-0.3, -0.25) is 4.79 Å². The van der Waals surface area contributed by atoms with Crippen molar-refractivity contribution in [1.29, 1.82) is 0 Å². The average Bonchev–Trinajstić information content (AvgIpc) is 2.35. The van der Waals surface area contributed by atoms with Gasteiger partial charge in [0.25, 0.3) is 5.91 Å². The Morgan fingerprint density at radius 2 is 2.00 bits per heavy atom. The lowest BCUT2D eigenvalue weighted by molar-refractivity contribution is 0.0943. The number of aliphatic hydroxyl groups is 1. The second kappa shape index (κ2) is 7.20. The molecule has 1 aromatic carbocycles. The number of phenols is 1. The molecule has 19 heavy (non-hydrogen) atoms. The number of aliphatic hydroxyl groups excluding tert-OH is 1. The van der Waals surface area contributed by atoms with Gasteiger partial charge in [-0.1, -0.05) is 41.7 Å². The van der Waals surface area contributed by atoms with Crippen molar-refractivity contribution in [1.82, 2.24) is 5.32 Å². The molecule has 0 aliphatic heterocycles. The number of benzene rings is 1. The topological polar surface area (TPSA) is 69.6 Å². The van der Waals surface area contributed by atoms with E-state index in [9.17, 15) is 9.90 Å². The summed E-state index contributed by atoms with van der Waals surface area (Å²) in [5.74, 6) is -0.857. The summed E-state index contributed by atoms with van der Waals surface area (Å²) >= 11 is 17.4. The molecule has 0 fully saturated rings. The third-order valence-electron chi connectivity index (χ3n) is 2.61. The van der Waals surface area contributed by atoms with Crippen molar-refractivity contribution < 1.29 is 15.0 Å². The van der Waals surface area contributed by atoms with Crippen LogP contribution in [0.2, 0.25) is 15.1 Å². The van der Waals surface area contributed by atoms with Gasteiger partial charge in [-0.2, -0.15) is 0 Å². The van der Waals surface area contributed by atoms with E-state index in [1.165, 1.54) is 6.07 Å². The van der Waals surface area contributed by atoms with Gasteiger partial charge >= 0.3 is 0 Å². The zero-order valence-electron chi connectivity index (χ0n) is 10.2. The standard InChI is InChI=1S/C12H14Cl3NO3/c1-6(2-3-17)5-16-12(19)9-10(15)7(13)4-8(14)11(9)18/h4,6,17-18H,2-3,5H2,1H3,(H,16,19). The molecule has 1 unspecified atom stereocenters. The van der Waals surface area contributed by atoms with E-state index in [0.717, 1.165) is 0 Å². The van der Waals surface area contributed by atoms with E-state index in [2.05, 4.69) is 5.32 Å². The molecule has 0 bridgehead atoms. The normalized spacial score (nSPS) is 12.3. The van der Waals surface area contributed by atoms with Crippen molar-refractivity contribution in [3.63, 3.8) is 0 Å². The molecule has 0 radical (unpaired) electrons. The molecule has 1 atom stereocenters. The maximum atomic E-state index is 12.0. The molecular weight excluding hydrogens is 312 g/mol. The highest BCUT2D eigenvalue weighted by Gasteiger charge is 2.21. The molecule has 7 heteroatoms. The Kier molecular flexibility index (Phi) is 6.20. The maximum Gasteiger partial charge on any atom is 0.256 e. The SMILES string of the molecule is CC(CCO)CNC(=O)c1c(O)c(Cl)cc(Cl)c1Cl. The summed E-state index contributed by atoms with van der Waals surface area (Å²) in [4.78, 5) is 12.0. The average molecular weight is 327 g/mol. The van der Waals surface area contributed by atoms with Gasteiger partial charge in [-0.25, -0.2) is 0 Å². The van der Waals surface area contributed by atoms with Gasteiger partial charge in [0.2, 0.25) is 0 Å². The molecule has 106 valence electrons. The smallest absolute Gasteiger partial charge is 0.256 e. The summed E-state index contributed by atoms with van der Waals surface area (Å²) in [6, 6.07) is 1.27. The van der Waals surface area contributed by atoms with Crippen LogP contribution in [0.25, 0.3) is 0 Å².